The van der Waals surface area contributed by atoms with Crippen molar-refractivity contribution in [1.82, 2.24) is 0 Å². The molecule has 0 spiro atoms. The van der Waals surface area contributed by atoms with Crippen molar-refractivity contribution < 1.29 is 0 Å². The van der Waals surface area contributed by atoms with E-state index in [-0.39, 0.29) is 0 Å². The number of rotatable bonds is 1. The first-order chi connectivity index (χ1) is 6.72. The van der Waals surface area contributed by atoms with Gasteiger partial charge in [-0.2, -0.15) is 0 Å². The van der Waals surface area contributed by atoms with E-state index in [1.54, 1.807) is 0 Å². The van der Waals surface area contributed by atoms with E-state index < -0.39 is 0 Å². The summed E-state index contributed by atoms with van der Waals surface area (Å²) in [5, 5.41) is 0. The molecular weight excluding hydrogens is 168 g/mol. The third-order valence-corrected chi connectivity index (χ3v) is 5.47. The summed E-state index contributed by atoms with van der Waals surface area (Å²) in [6.45, 7) is 5.04. The zero-order chi connectivity index (χ0) is 10.1. The van der Waals surface area contributed by atoms with Crippen molar-refractivity contribution in [3.63, 3.8) is 0 Å². The highest BCUT2D eigenvalue weighted by Gasteiger charge is 2.47. The molecule has 2 unspecified atom stereocenters. The molecular formula is C14H26. The van der Waals surface area contributed by atoms with Gasteiger partial charge in [-0.05, 0) is 42.9 Å². The van der Waals surface area contributed by atoms with Gasteiger partial charge in [0, 0.05) is 0 Å². The second kappa shape index (κ2) is 3.87. The Kier molecular flexibility index (Phi) is 2.91. The zero-order valence-corrected chi connectivity index (χ0v) is 10.1. The van der Waals surface area contributed by atoms with Crippen molar-refractivity contribution in [1.29, 1.82) is 0 Å². The Morgan fingerprint density at radius 3 is 1.93 bits per heavy atom. The molecule has 0 amide bonds. The molecule has 0 aromatic heterocycles. The van der Waals surface area contributed by atoms with Crippen molar-refractivity contribution in [3.05, 3.63) is 0 Å². The Labute approximate surface area is 89.5 Å². The van der Waals surface area contributed by atoms with E-state index in [4.69, 9.17) is 0 Å². The van der Waals surface area contributed by atoms with Gasteiger partial charge in [0.1, 0.15) is 0 Å². The predicted molar refractivity (Wildman–Crippen MR) is 62.4 cm³/mol. The van der Waals surface area contributed by atoms with Crippen LogP contribution in [0, 0.1) is 10.8 Å². The SMILES string of the molecule is CCC12CCCCCC1(C)CCCC2. The van der Waals surface area contributed by atoms with E-state index in [1.165, 1.54) is 64.2 Å². The molecule has 14 heavy (non-hydrogen) atoms. The largest absolute Gasteiger partial charge is 0.0648 e. The van der Waals surface area contributed by atoms with Crippen LogP contribution in [0.25, 0.3) is 0 Å². The maximum atomic E-state index is 2.60. The minimum absolute atomic E-state index is 0.705. The number of fused-ring (bicyclic) bond motifs is 1. The Balaban J connectivity index is 2.25. The fourth-order valence-corrected chi connectivity index (χ4v) is 4.30. The van der Waals surface area contributed by atoms with Crippen LogP contribution in [0.2, 0.25) is 0 Å². The average molecular weight is 194 g/mol. The third kappa shape index (κ3) is 1.51. The van der Waals surface area contributed by atoms with Crippen molar-refractivity contribution in [2.24, 2.45) is 10.8 Å². The fraction of sp³-hybridized carbons (Fsp3) is 1.00. The van der Waals surface area contributed by atoms with Crippen LogP contribution < -0.4 is 0 Å². The van der Waals surface area contributed by atoms with Gasteiger partial charge in [-0.15, -0.1) is 0 Å². The highest BCUT2D eigenvalue weighted by molar-refractivity contribution is 4.98. The van der Waals surface area contributed by atoms with Gasteiger partial charge < -0.3 is 0 Å². The van der Waals surface area contributed by atoms with Crippen LogP contribution in [0.3, 0.4) is 0 Å². The van der Waals surface area contributed by atoms with Gasteiger partial charge in [0.25, 0.3) is 0 Å². The van der Waals surface area contributed by atoms with Crippen LogP contribution in [-0.4, -0.2) is 0 Å². The maximum absolute atomic E-state index is 2.60. The highest BCUT2D eigenvalue weighted by atomic mass is 14.5. The van der Waals surface area contributed by atoms with Crippen molar-refractivity contribution in [2.45, 2.75) is 78.1 Å². The molecule has 0 N–H and O–H groups in total. The fourth-order valence-electron chi connectivity index (χ4n) is 4.30. The van der Waals surface area contributed by atoms with E-state index in [2.05, 4.69) is 13.8 Å². The van der Waals surface area contributed by atoms with Gasteiger partial charge in [-0.1, -0.05) is 46.0 Å². The minimum Gasteiger partial charge on any atom is -0.0648 e. The van der Waals surface area contributed by atoms with Crippen LogP contribution >= 0.6 is 0 Å². The number of hydrogen-bond donors (Lipinski definition) is 0. The van der Waals surface area contributed by atoms with Crippen LogP contribution in [0.5, 0.6) is 0 Å². The zero-order valence-electron chi connectivity index (χ0n) is 10.1. The summed E-state index contributed by atoms with van der Waals surface area (Å²) in [5.74, 6) is 0. The second-order valence-corrected chi connectivity index (χ2v) is 5.96. The van der Waals surface area contributed by atoms with E-state index in [0.29, 0.717) is 5.41 Å². The first-order valence-corrected chi connectivity index (χ1v) is 6.72. The first-order valence-electron chi connectivity index (χ1n) is 6.72. The molecule has 0 aromatic rings. The van der Waals surface area contributed by atoms with Gasteiger partial charge in [-0.25, -0.2) is 0 Å². The molecule has 0 aliphatic heterocycles. The topological polar surface area (TPSA) is 0 Å². The lowest BCUT2D eigenvalue weighted by atomic mass is 9.53. The van der Waals surface area contributed by atoms with Crippen LogP contribution in [0.15, 0.2) is 0 Å². The molecule has 2 aliphatic carbocycles. The molecule has 2 aliphatic rings. The summed E-state index contributed by atoms with van der Waals surface area (Å²) in [4.78, 5) is 0. The maximum Gasteiger partial charge on any atom is -0.0246 e. The summed E-state index contributed by atoms with van der Waals surface area (Å²) < 4.78 is 0. The van der Waals surface area contributed by atoms with Gasteiger partial charge in [0.2, 0.25) is 0 Å². The molecule has 0 saturated heterocycles. The lowest BCUT2D eigenvalue weighted by Gasteiger charge is -2.52. The molecule has 0 nitrogen and oxygen atoms in total. The third-order valence-electron chi connectivity index (χ3n) is 5.47. The average Bonchev–Trinajstić information content (AvgIpc) is 2.37. The van der Waals surface area contributed by atoms with E-state index in [1.807, 2.05) is 0 Å². The molecule has 2 fully saturated rings. The highest BCUT2D eigenvalue weighted by Crippen LogP contribution is 2.59. The monoisotopic (exact) mass is 194 g/mol. The minimum atomic E-state index is 0.705. The van der Waals surface area contributed by atoms with Gasteiger partial charge in [-0.3, -0.25) is 0 Å². The molecule has 2 rings (SSSR count). The van der Waals surface area contributed by atoms with Crippen molar-refractivity contribution >= 4 is 0 Å². The molecule has 0 heteroatoms. The predicted octanol–water partition coefficient (Wildman–Crippen LogP) is 4.93. The summed E-state index contributed by atoms with van der Waals surface area (Å²) >= 11 is 0. The van der Waals surface area contributed by atoms with Gasteiger partial charge in [0.15, 0.2) is 0 Å². The molecule has 0 bridgehead atoms. The summed E-state index contributed by atoms with van der Waals surface area (Å²) in [6.07, 6.45) is 15.0. The Hall–Kier alpha value is 0. The van der Waals surface area contributed by atoms with Crippen LogP contribution in [0.1, 0.15) is 78.1 Å². The van der Waals surface area contributed by atoms with Gasteiger partial charge in [0.05, 0.1) is 0 Å². The summed E-state index contributed by atoms with van der Waals surface area (Å²) in [5.41, 5.74) is 1.44. The normalized spacial score (nSPS) is 44.1. The summed E-state index contributed by atoms with van der Waals surface area (Å²) in [7, 11) is 0. The Bertz CT molecular complexity index is 196. The lowest BCUT2D eigenvalue weighted by molar-refractivity contribution is -0.0116. The Morgan fingerprint density at radius 1 is 0.786 bits per heavy atom. The first kappa shape index (κ1) is 10.5. The van der Waals surface area contributed by atoms with Crippen molar-refractivity contribution in [2.75, 3.05) is 0 Å². The molecule has 0 radical (unpaired) electrons. The second-order valence-electron chi connectivity index (χ2n) is 5.96. The quantitative estimate of drug-likeness (QED) is 0.555. The van der Waals surface area contributed by atoms with Crippen LogP contribution in [-0.2, 0) is 0 Å². The number of hydrogen-bond acceptors (Lipinski definition) is 0. The lowest BCUT2D eigenvalue weighted by Crippen LogP contribution is -2.41. The van der Waals surface area contributed by atoms with E-state index in [0.717, 1.165) is 5.41 Å². The van der Waals surface area contributed by atoms with E-state index >= 15 is 0 Å². The molecule has 0 heterocycles. The van der Waals surface area contributed by atoms with E-state index in [9.17, 15) is 0 Å². The molecule has 0 aromatic carbocycles. The summed E-state index contributed by atoms with van der Waals surface area (Å²) in [6, 6.07) is 0. The smallest absolute Gasteiger partial charge is 0.0246 e. The molecule has 82 valence electrons. The van der Waals surface area contributed by atoms with Gasteiger partial charge >= 0.3 is 0 Å². The van der Waals surface area contributed by atoms with Crippen molar-refractivity contribution in [3.8, 4) is 0 Å². The van der Waals surface area contributed by atoms with Crippen LogP contribution in [0.4, 0.5) is 0 Å². The molecule has 2 saturated carbocycles. The Morgan fingerprint density at radius 2 is 1.29 bits per heavy atom. The molecule has 2 atom stereocenters. The standard InChI is InChI=1S/C14H26/c1-3-14-11-6-4-5-9-13(14,2)10-7-8-12-14/h3-12H2,1-2H3.